The third kappa shape index (κ3) is 4.52. The van der Waals surface area contributed by atoms with Gasteiger partial charge in [0.15, 0.2) is 0 Å². The van der Waals surface area contributed by atoms with Crippen LogP contribution in [0.25, 0.3) is 0 Å². The van der Waals surface area contributed by atoms with E-state index in [2.05, 4.69) is 0 Å². The first-order valence-corrected chi connectivity index (χ1v) is 8.72. The summed E-state index contributed by atoms with van der Waals surface area (Å²) in [5, 5.41) is 10.7. The molecule has 0 saturated carbocycles. The topological polar surface area (TPSA) is 128 Å². The van der Waals surface area contributed by atoms with E-state index in [0.717, 1.165) is 12.1 Å². The fourth-order valence-corrected chi connectivity index (χ4v) is 2.76. The highest BCUT2D eigenvalue weighted by molar-refractivity contribution is 7.89. The molecule has 0 aliphatic carbocycles. The lowest BCUT2D eigenvalue weighted by Crippen LogP contribution is -2.41. The number of hydrazine groups is 1. The lowest BCUT2D eigenvalue weighted by atomic mass is 10.2. The van der Waals surface area contributed by atoms with Gasteiger partial charge in [0.05, 0.1) is 16.4 Å². The highest BCUT2D eigenvalue weighted by Crippen LogP contribution is 2.19. The van der Waals surface area contributed by atoms with Crippen molar-refractivity contribution >= 4 is 21.6 Å². The Morgan fingerprint density at radius 2 is 1.88 bits per heavy atom. The molecule has 138 valence electrons. The van der Waals surface area contributed by atoms with Crippen LogP contribution in [0.5, 0.6) is 5.75 Å². The number of hydrogen-bond donors (Lipinski definition) is 2. The molecule has 0 atom stereocenters. The molecule has 0 saturated heterocycles. The number of carbonyl (C=O) groups excluding carboxylic acids is 1. The van der Waals surface area contributed by atoms with Crippen molar-refractivity contribution in [3.63, 3.8) is 0 Å². The van der Waals surface area contributed by atoms with Gasteiger partial charge in [0.2, 0.25) is 5.82 Å². The van der Waals surface area contributed by atoms with Crippen molar-refractivity contribution < 1.29 is 27.3 Å². The summed E-state index contributed by atoms with van der Waals surface area (Å²) in [4.78, 5) is 23.4. The molecule has 0 aliphatic rings. The fraction of sp³-hybridized carbons (Fsp3) is 0.133. The van der Waals surface area contributed by atoms with Gasteiger partial charge in [0.1, 0.15) is 5.75 Å². The van der Waals surface area contributed by atoms with Crippen molar-refractivity contribution in [2.45, 2.75) is 11.8 Å². The molecule has 0 spiro atoms. The van der Waals surface area contributed by atoms with E-state index in [1.165, 1.54) is 24.3 Å². The summed E-state index contributed by atoms with van der Waals surface area (Å²) in [6.45, 7) is 2.20. The number of nitro benzene ring substituents is 1. The zero-order valence-electron chi connectivity index (χ0n) is 13.4. The van der Waals surface area contributed by atoms with Gasteiger partial charge in [-0.15, -0.1) is 4.83 Å². The number of nitro groups is 1. The van der Waals surface area contributed by atoms with Crippen molar-refractivity contribution in [2.75, 3.05) is 6.61 Å². The maximum absolute atomic E-state index is 13.3. The summed E-state index contributed by atoms with van der Waals surface area (Å²) >= 11 is 0. The van der Waals surface area contributed by atoms with Crippen molar-refractivity contribution in [3.8, 4) is 5.75 Å². The molecule has 0 bridgehead atoms. The van der Waals surface area contributed by atoms with Crippen LogP contribution in [-0.2, 0) is 10.0 Å². The van der Waals surface area contributed by atoms with E-state index in [1.807, 2.05) is 10.3 Å². The summed E-state index contributed by atoms with van der Waals surface area (Å²) in [6.07, 6.45) is 0. The first-order valence-electron chi connectivity index (χ1n) is 7.23. The van der Waals surface area contributed by atoms with Crippen LogP contribution in [0, 0.1) is 15.9 Å². The number of ether oxygens (including phenoxy) is 1. The van der Waals surface area contributed by atoms with Crippen LogP contribution < -0.4 is 15.0 Å². The fourth-order valence-electron chi connectivity index (χ4n) is 1.92. The van der Waals surface area contributed by atoms with Crippen LogP contribution in [-0.4, -0.2) is 25.9 Å². The zero-order chi connectivity index (χ0) is 19.3. The van der Waals surface area contributed by atoms with Gasteiger partial charge in [-0.3, -0.25) is 20.3 Å². The van der Waals surface area contributed by atoms with E-state index in [1.54, 1.807) is 6.92 Å². The number of nitrogens with zero attached hydrogens (tertiary/aromatic N) is 1. The predicted octanol–water partition coefficient (Wildman–Crippen LogP) is 1.76. The van der Waals surface area contributed by atoms with Crippen LogP contribution >= 0.6 is 0 Å². The minimum atomic E-state index is -4.08. The average Bonchev–Trinajstić information content (AvgIpc) is 2.60. The van der Waals surface area contributed by atoms with Crippen LogP contribution in [0.2, 0.25) is 0 Å². The standard InChI is InChI=1S/C15H14FN3O6S/c1-2-25-11-4-6-12(7-5-11)26(23,24)18-17-15(20)10-3-8-13(16)14(9-10)19(21)22/h3-9,18H,2H2,1H3,(H,17,20). The molecule has 0 aliphatic heterocycles. The molecule has 9 nitrogen and oxygen atoms in total. The first-order chi connectivity index (χ1) is 12.2. The summed E-state index contributed by atoms with van der Waals surface area (Å²) in [7, 11) is -4.08. The molecule has 0 unspecified atom stereocenters. The van der Waals surface area contributed by atoms with Gasteiger partial charge in [-0.2, -0.15) is 4.39 Å². The van der Waals surface area contributed by atoms with Crippen LogP contribution in [0.3, 0.4) is 0 Å². The number of nitrogens with one attached hydrogen (secondary N) is 2. The number of carbonyl (C=O) groups is 1. The first kappa shape index (κ1) is 19.3. The molecule has 0 heterocycles. The van der Waals surface area contributed by atoms with Gasteiger partial charge in [0, 0.05) is 11.6 Å². The average molecular weight is 383 g/mol. The molecule has 26 heavy (non-hydrogen) atoms. The molecule has 0 fully saturated rings. The largest absolute Gasteiger partial charge is 0.494 e. The highest BCUT2D eigenvalue weighted by atomic mass is 32.2. The van der Waals surface area contributed by atoms with Gasteiger partial charge in [-0.25, -0.2) is 8.42 Å². The van der Waals surface area contributed by atoms with Crippen LogP contribution in [0.1, 0.15) is 17.3 Å². The monoisotopic (exact) mass is 383 g/mol. The molecular formula is C15H14FN3O6S. The number of rotatable bonds is 7. The Bertz CT molecular complexity index is 931. The number of amides is 1. The van der Waals surface area contributed by atoms with Crippen LogP contribution in [0.15, 0.2) is 47.4 Å². The predicted molar refractivity (Wildman–Crippen MR) is 88.5 cm³/mol. The Morgan fingerprint density at radius 3 is 2.46 bits per heavy atom. The van der Waals surface area contributed by atoms with Gasteiger partial charge in [0.25, 0.3) is 15.9 Å². The van der Waals surface area contributed by atoms with E-state index in [-0.39, 0.29) is 10.5 Å². The molecule has 1 amide bonds. The summed E-state index contributed by atoms with van der Waals surface area (Å²) in [5.74, 6) is -1.61. The second kappa shape index (κ2) is 7.89. The number of sulfonamides is 1. The Balaban J connectivity index is 2.10. The molecule has 2 aromatic carbocycles. The smallest absolute Gasteiger partial charge is 0.305 e. The minimum absolute atomic E-state index is 0.133. The third-order valence-electron chi connectivity index (χ3n) is 3.15. The van der Waals surface area contributed by atoms with Crippen molar-refractivity contribution in [1.29, 1.82) is 0 Å². The van der Waals surface area contributed by atoms with Gasteiger partial charge in [-0.05, 0) is 43.3 Å². The normalized spacial score (nSPS) is 11.0. The molecule has 0 aromatic heterocycles. The second-order valence-electron chi connectivity index (χ2n) is 4.89. The molecule has 2 rings (SSSR count). The quantitative estimate of drug-likeness (QED) is 0.554. The van der Waals surface area contributed by atoms with E-state index in [9.17, 15) is 27.7 Å². The third-order valence-corrected chi connectivity index (χ3v) is 4.41. The highest BCUT2D eigenvalue weighted by Gasteiger charge is 2.19. The lowest BCUT2D eigenvalue weighted by Gasteiger charge is -2.09. The molecule has 2 N–H and O–H groups in total. The maximum atomic E-state index is 13.3. The molecule has 2 aromatic rings. The van der Waals surface area contributed by atoms with E-state index >= 15 is 0 Å². The zero-order valence-corrected chi connectivity index (χ0v) is 14.2. The Kier molecular flexibility index (Phi) is 5.85. The Labute approximate surface area is 148 Å². The number of hydrogen-bond acceptors (Lipinski definition) is 6. The summed E-state index contributed by atoms with van der Waals surface area (Å²) in [6, 6.07) is 7.89. The van der Waals surface area contributed by atoms with Gasteiger partial charge >= 0.3 is 5.69 Å². The van der Waals surface area contributed by atoms with Crippen LogP contribution in [0.4, 0.5) is 10.1 Å². The van der Waals surface area contributed by atoms with Crippen molar-refractivity contribution in [3.05, 3.63) is 64.0 Å². The van der Waals surface area contributed by atoms with Gasteiger partial charge in [-0.1, -0.05) is 0 Å². The second-order valence-corrected chi connectivity index (χ2v) is 6.57. The maximum Gasteiger partial charge on any atom is 0.305 e. The van der Waals surface area contributed by atoms with Crippen molar-refractivity contribution in [2.24, 2.45) is 0 Å². The van der Waals surface area contributed by atoms with Gasteiger partial charge < -0.3 is 4.74 Å². The lowest BCUT2D eigenvalue weighted by molar-refractivity contribution is -0.387. The summed E-state index contributed by atoms with van der Waals surface area (Å²) < 4.78 is 42.7. The van der Waals surface area contributed by atoms with E-state index < -0.39 is 32.4 Å². The van der Waals surface area contributed by atoms with E-state index in [0.29, 0.717) is 18.4 Å². The number of benzene rings is 2. The minimum Gasteiger partial charge on any atom is -0.494 e. The van der Waals surface area contributed by atoms with Crippen molar-refractivity contribution in [1.82, 2.24) is 10.3 Å². The molecular weight excluding hydrogens is 369 g/mol. The Hall–Kier alpha value is -3.05. The van der Waals surface area contributed by atoms with E-state index in [4.69, 9.17) is 4.74 Å². The molecule has 0 radical (unpaired) electrons. The molecule has 11 heteroatoms. The Morgan fingerprint density at radius 1 is 1.23 bits per heavy atom. The SMILES string of the molecule is CCOc1ccc(S(=O)(=O)NNC(=O)c2ccc(F)c([N+](=O)[O-])c2)cc1. The summed E-state index contributed by atoms with van der Waals surface area (Å²) in [5.41, 5.74) is 0.729. The number of halogens is 1.